The van der Waals surface area contributed by atoms with Crippen molar-refractivity contribution in [1.29, 1.82) is 0 Å². The van der Waals surface area contributed by atoms with Crippen molar-refractivity contribution in [3.63, 3.8) is 0 Å². The van der Waals surface area contributed by atoms with E-state index >= 15 is 0 Å². The fourth-order valence-corrected chi connectivity index (χ4v) is 6.01. The van der Waals surface area contributed by atoms with Crippen molar-refractivity contribution in [2.45, 2.75) is 155 Å². The first-order valence-electron chi connectivity index (χ1n) is 13.1. The number of unbranched alkanes of at least 4 members (excludes halogenated alkanes) is 10. The van der Waals surface area contributed by atoms with Gasteiger partial charge >= 0.3 is 0 Å². The van der Waals surface area contributed by atoms with E-state index in [2.05, 4.69) is 65.3 Å². The van der Waals surface area contributed by atoms with Crippen LogP contribution in [0, 0.1) is 0 Å². The molecule has 0 aromatic rings. The molecule has 4 heteroatoms. The highest BCUT2D eigenvalue weighted by atomic mass is 28.4. The van der Waals surface area contributed by atoms with E-state index in [1.165, 1.54) is 77.0 Å². The standard InChI is InChI=1S/C26H56O2Si2/c1-9-11-13-15-16-18-20-22-26(28-30(6,7)8)24-23-25(27-29(3,4)5)21-19-17-14-12-10-2/h23-26H,9-22H2,1-8H3/b24-23+/t25-,26+/m0/s1. The van der Waals surface area contributed by atoms with Gasteiger partial charge in [0.15, 0.2) is 16.6 Å². The van der Waals surface area contributed by atoms with Gasteiger partial charge in [0.2, 0.25) is 0 Å². The van der Waals surface area contributed by atoms with Gasteiger partial charge in [-0.2, -0.15) is 0 Å². The first-order chi connectivity index (χ1) is 14.1. The number of hydrogen-bond acceptors (Lipinski definition) is 2. The lowest BCUT2D eigenvalue weighted by Gasteiger charge is -2.27. The third-order valence-corrected chi connectivity index (χ3v) is 7.25. The molecule has 180 valence electrons. The van der Waals surface area contributed by atoms with Gasteiger partial charge in [-0.05, 0) is 52.1 Å². The van der Waals surface area contributed by atoms with E-state index in [-0.39, 0.29) is 12.2 Å². The maximum Gasteiger partial charge on any atom is 0.184 e. The van der Waals surface area contributed by atoms with E-state index in [1.807, 2.05) is 0 Å². The van der Waals surface area contributed by atoms with Crippen LogP contribution in [0.4, 0.5) is 0 Å². The molecule has 30 heavy (non-hydrogen) atoms. The Morgan fingerprint density at radius 1 is 0.500 bits per heavy atom. The van der Waals surface area contributed by atoms with E-state index in [1.54, 1.807) is 0 Å². The molecule has 0 aliphatic carbocycles. The largest absolute Gasteiger partial charge is 0.411 e. The third-order valence-electron chi connectivity index (χ3n) is 5.23. The zero-order chi connectivity index (χ0) is 22.9. The van der Waals surface area contributed by atoms with E-state index in [0.717, 1.165) is 12.8 Å². The van der Waals surface area contributed by atoms with Crippen LogP contribution in [0.2, 0.25) is 39.3 Å². The van der Waals surface area contributed by atoms with Crippen LogP contribution in [0.1, 0.15) is 104 Å². The lowest BCUT2D eigenvalue weighted by atomic mass is 10.0. The zero-order valence-corrected chi connectivity index (χ0v) is 24.0. The van der Waals surface area contributed by atoms with Crippen LogP contribution in [0.15, 0.2) is 12.2 Å². The highest BCUT2D eigenvalue weighted by Gasteiger charge is 2.22. The molecule has 0 rings (SSSR count). The van der Waals surface area contributed by atoms with Crippen LogP contribution >= 0.6 is 0 Å². The molecule has 0 saturated heterocycles. The Morgan fingerprint density at radius 3 is 1.10 bits per heavy atom. The minimum Gasteiger partial charge on any atom is -0.411 e. The van der Waals surface area contributed by atoms with Gasteiger partial charge in [-0.15, -0.1) is 0 Å². The predicted molar refractivity (Wildman–Crippen MR) is 142 cm³/mol. The van der Waals surface area contributed by atoms with Crippen molar-refractivity contribution in [3.05, 3.63) is 12.2 Å². The average molecular weight is 457 g/mol. The second-order valence-electron chi connectivity index (χ2n) is 11.0. The van der Waals surface area contributed by atoms with Gasteiger partial charge in [-0.1, -0.05) is 103 Å². The molecule has 0 N–H and O–H groups in total. The lowest BCUT2D eigenvalue weighted by molar-refractivity contribution is 0.210. The summed E-state index contributed by atoms with van der Waals surface area (Å²) in [4.78, 5) is 0. The molecule has 0 unspecified atom stereocenters. The van der Waals surface area contributed by atoms with Crippen LogP contribution in [-0.4, -0.2) is 28.8 Å². The fraction of sp³-hybridized carbons (Fsp3) is 0.923. The predicted octanol–water partition coefficient (Wildman–Crippen LogP) is 9.48. The van der Waals surface area contributed by atoms with E-state index in [9.17, 15) is 0 Å². The first kappa shape index (κ1) is 30.1. The number of hydrogen-bond donors (Lipinski definition) is 0. The molecule has 0 amide bonds. The summed E-state index contributed by atoms with van der Waals surface area (Å²) in [6, 6.07) is 0. The molecule has 0 fully saturated rings. The smallest absolute Gasteiger partial charge is 0.184 e. The molecule has 0 heterocycles. The van der Waals surface area contributed by atoms with Crippen LogP contribution in [0.5, 0.6) is 0 Å². The highest BCUT2D eigenvalue weighted by Crippen LogP contribution is 2.19. The summed E-state index contributed by atoms with van der Waals surface area (Å²) < 4.78 is 13.0. The van der Waals surface area contributed by atoms with Gasteiger partial charge in [0, 0.05) is 0 Å². The quantitative estimate of drug-likeness (QED) is 0.103. The lowest BCUT2D eigenvalue weighted by Crippen LogP contribution is -2.33. The van der Waals surface area contributed by atoms with Gasteiger partial charge in [-0.25, -0.2) is 0 Å². The minimum absolute atomic E-state index is 0.264. The summed E-state index contributed by atoms with van der Waals surface area (Å²) in [5.74, 6) is 0. The van der Waals surface area contributed by atoms with Gasteiger partial charge in [0.25, 0.3) is 0 Å². The Hall–Kier alpha value is 0.0938. The molecule has 0 aromatic carbocycles. The molecule has 0 aliphatic rings. The van der Waals surface area contributed by atoms with E-state index in [0.29, 0.717) is 0 Å². The van der Waals surface area contributed by atoms with Crippen LogP contribution in [0.25, 0.3) is 0 Å². The summed E-state index contributed by atoms with van der Waals surface area (Å²) >= 11 is 0. The summed E-state index contributed by atoms with van der Waals surface area (Å²) in [5, 5.41) is 0. The first-order valence-corrected chi connectivity index (χ1v) is 19.9. The normalized spacial score (nSPS) is 15.1. The van der Waals surface area contributed by atoms with Crippen LogP contribution in [-0.2, 0) is 8.85 Å². The third kappa shape index (κ3) is 21.3. The van der Waals surface area contributed by atoms with Gasteiger partial charge in [-0.3, -0.25) is 0 Å². The molecule has 0 spiro atoms. The highest BCUT2D eigenvalue weighted by molar-refractivity contribution is 6.70. The molecule has 0 radical (unpaired) electrons. The molecule has 2 atom stereocenters. The summed E-state index contributed by atoms with van der Waals surface area (Å²) in [6.45, 7) is 18.4. The summed E-state index contributed by atoms with van der Waals surface area (Å²) in [6.07, 6.45) is 23.7. The van der Waals surface area contributed by atoms with Crippen molar-refractivity contribution in [2.75, 3.05) is 0 Å². The Bertz CT molecular complexity index is 410. The molecule has 0 aliphatic heterocycles. The van der Waals surface area contributed by atoms with Crippen molar-refractivity contribution in [2.24, 2.45) is 0 Å². The zero-order valence-electron chi connectivity index (χ0n) is 22.0. The molecule has 0 saturated carbocycles. The van der Waals surface area contributed by atoms with Crippen molar-refractivity contribution in [3.8, 4) is 0 Å². The summed E-state index contributed by atoms with van der Waals surface area (Å²) in [7, 11) is -3.09. The Morgan fingerprint density at radius 2 is 0.800 bits per heavy atom. The molecule has 0 aromatic heterocycles. The van der Waals surface area contributed by atoms with Gasteiger partial charge in [0.1, 0.15) is 0 Å². The Kier molecular flexibility index (Phi) is 17.7. The van der Waals surface area contributed by atoms with E-state index in [4.69, 9.17) is 8.85 Å². The van der Waals surface area contributed by atoms with Gasteiger partial charge in [0.05, 0.1) is 12.2 Å². The van der Waals surface area contributed by atoms with Crippen LogP contribution < -0.4 is 0 Å². The van der Waals surface area contributed by atoms with Crippen molar-refractivity contribution in [1.82, 2.24) is 0 Å². The Labute approximate surface area is 192 Å². The van der Waals surface area contributed by atoms with Crippen molar-refractivity contribution >= 4 is 16.6 Å². The maximum absolute atomic E-state index is 6.53. The molecule has 2 nitrogen and oxygen atoms in total. The van der Waals surface area contributed by atoms with E-state index < -0.39 is 16.6 Å². The summed E-state index contributed by atoms with van der Waals surface area (Å²) in [5.41, 5.74) is 0. The Balaban J connectivity index is 4.69. The molecular formula is C26H56O2Si2. The molecule has 0 bridgehead atoms. The average Bonchev–Trinajstić information content (AvgIpc) is 2.62. The molecular weight excluding hydrogens is 400 g/mol. The minimum atomic E-state index is -1.55. The van der Waals surface area contributed by atoms with Crippen LogP contribution in [0.3, 0.4) is 0 Å². The van der Waals surface area contributed by atoms with Crippen molar-refractivity contribution < 1.29 is 8.85 Å². The SMILES string of the molecule is CCCCCCCCC[C@H](/C=C/[C@H](CCCCCCC)O[Si](C)(C)C)O[Si](C)(C)C. The monoisotopic (exact) mass is 456 g/mol. The fourth-order valence-electron chi connectivity index (χ4n) is 3.80. The topological polar surface area (TPSA) is 18.5 Å². The maximum atomic E-state index is 6.53. The number of rotatable bonds is 20. The second-order valence-corrected chi connectivity index (χ2v) is 20.0. The second kappa shape index (κ2) is 17.6. The van der Waals surface area contributed by atoms with Gasteiger partial charge < -0.3 is 8.85 Å².